The number of aromatic amines is 1. The Morgan fingerprint density at radius 2 is 2.00 bits per heavy atom. The fourth-order valence-electron chi connectivity index (χ4n) is 3.97. The number of fused-ring (bicyclic) bond motifs is 1. The Hall–Kier alpha value is -3.06. The molecule has 6 nitrogen and oxygen atoms in total. The number of carbonyl (C=O) groups is 1. The number of nitrogens with one attached hydrogen (secondary N) is 2. The van der Waals surface area contributed by atoms with Gasteiger partial charge in [0.05, 0.1) is 28.5 Å². The maximum Gasteiger partial charge on any atom is 0.262 e. The fourth-order valence-corrected chi connectivity index (χ4v) is 5.11. The lowest BCUT2D eigenvalue weighted by atomic mass is 10.1. The van der Waals surface area contributed by atoms with Crippen LogP contribution in [0.3, 0.4) is 0 Å². The summed E-state index contributed by atoms with van der Waals surface area (Å²) in [5.41, 5.74) is 3.94. The maximum atomic E-state index is 13.2. The van der Waals surface area contributed by atoms with Gasteiger partial charge in [-0.25, -0.2) is 15.0 Å². The van der Waals surface area contributed by atoms with Gasteiger partial charge in [0, 0.05) is 11.3 Å². The van der Waals surface area contributed by atoms with Gasteiger partial charge < -0.3 is 10.3 Å². The first-order chi connectivity index (χ1) is 15.0. The van der Waals surface area contributed by atoms with Gasteiger partial charge in [0.1, 0.15) is 16.5 Å². The van der Waals surface area contributed by atoms with Crippen LogP contribution in [-0.4, -0.2) is 25.8 Å². The molecule has 1 unspecified atom stereocenters. The summed E-state index contributed by atoms with van der Waals surface area (Å²) in [4.78, 5) is 32.2. The van der Waals surface area contributed by atoms with Gasteiger partial charge in [-0.1, -0.05) is 37.3 Å². The van der Waals surface area contributed by atoms with E-state index in [2.05, 4.69) is 15.3 Å². The van der Waals surface area contributed by atoms with E-state index in [-0.39, 0.29) is 11.9 Å². The highest BCUT2D eigenvalue weighted by Gasteiger charge is 2.29. The third-order valence-electron chi connectivity index (χ3n) is 5.86. The molecular formula is C24H25N5OS. The Kier molecular flexibility index (Phi) is 5.06. The molecule has 1 aliphatic rings. The van der Waals surface area contributed by atoms with Crippen molar-refractivity contribution in [2.75, 3.05) is 0 Å². The summed E-state index contributed by atoms with van der Waals surface area (Å²) in [6.45, 7) is 6.05. The number of aromatic nitrogens is 4. The van der Waals surface area contributed by atoms with Crippen LogP contribution in [0.15, 0.2) is 36.5 Å². The first kappa shape index (κ1) is 19.9. The van der Waals surface area contributed by atoms with Crippen LogP contribution in [0.25, 0.3) is 21.5 Å². The molecule has 5 rings (SSSR count). The SMILES string of the molecule is CCC(NC(=O)c1sc2nc(C3CC3)nc(C)c2c1C)c1ncc(-c2ccccc2)[nH]1. The minimum atomic E-state index is -0.191. The normalized spacial score (nSPS) is 14.7. The van der Waals surface area contributed by atoms with Crippen molar-refractivity contribution in [2.24, 2.45) is 0 Å². The maximum absolute atomic E-state index is 13.2. The second kappa shape index (κ2) is 7.89. The predicted molar refractivity (Wildman–Crippen MR) is 123 cm³/mol. The van der Waals surface area contributed by atoms with Crippen LogP contribution < -0.4 is 5.32 Å². The van der Waals surface area contributed by atoms with Gasteiger partial charge in [0.25, 0.3) is 5.91 Å². The zero-order valence-electron chi connectivity index (χ0n) is 17.9. The molecule has 0 bridgehead atoms. The first-order valence-corrected chi connectivity index (χ1v) is 11.6. The molecule has 0 aliphatic heterocycles. The summed E-state index contributed by atoms with van der Waals surface area (Å²) in [5.74, 6) is 2.09. The Bertz CT molecular complexity index is 1260. The van der Waals surface area contributed by atoms with Crippen molar-refractivity contribution >= 4 is 27.5 Å². The summed E-state index contributed by atoms with van der Waals surface area (Å²) in [5, 5.41) is 4.18. The van der Waals surface area contributed by atoms with Crippen molar-refractivity contribution in [3.63, 3.8) is 0 Å². The minimum absolute atomic E-state index is 0.0858. The summed E-state index contributed by atoms with van der Waals surface area (Å²) in [6, 6.07) is 9.87. The van der Waals surface area contributed by atoms with Crippen molar-refractivity contribution in [1.29, 1.82) is 0 Å². The number of nitrogens with zero attached hydrogens (tertiary/aromatic N) is 3. The fraction of sp³-hybridized carbons (Fsp3) is 0.333. The van der Waals surface area contributed by atoms with Gasteiger partial charge in [-0.15, -0.1) is 11.3 Å². The lowest BCUT2D eigenvalue weighted by molar-refractivity contribution is 0.0937. The van der Waals surface area contributed by atoms with Gasteiger partial charge in [0.2, 0.25) is 0 Å². The van der Waals surface area contributed by atoms with Gasteiger partial charge in [0.15, 0.2) is 0 Å². The average Bonchev–Trinajstić information content (AvgIpc) is 3.42. The standard InChI is InChI=1S/C24H25N5OS/c1-4-17(22-25-12-18(27-22)15-8-6-5-7-9-15)28-23(30)20-13(2)19-14(3)26-21(16-10-11-16)29-24(19)31-20/h5-9,12,16-17H,4,10-11H2,1-3H3,(H,25,27)(H,28,30). The second-order valence-corrected chi connectivity index (χ2v) is 9.16. The molecule has 0 radical (unpaired) electrons. The van der Waals surface area contributed by atoms with E-state index in [1.165, 1.54) is 11.3 Å². The van der Waals surface area contributed by atoms with Crippen LogP contribution in [0, 0.1) is 13.8 Å². The van der Waals surface area contributed by atoms with E-state index in [1.807, 2.05) is 57.3 Å². The van der Waals surface area contributed by atoms with E-state index in [9.17, 15) is 4.79 Å². The van der Waals surface area contributed by atoms with Crippen LogP contribution in [0.2, 0.25) is 0 Å². The smallest absolute Gasteiger partial charge is 0.262 e. The van der Waals surface area contributed by atoms with Gasteiger partial charge >= 0.3 is 0 Å². The number of rotatable bonds is 6. The number of H-pyrrole nitrogens is 1. The quantitative estimate of drug-likeness (QED) is 0.425. The monoisotopic (exact) mass is 431 g/mol. The molecule has 1 fully saturated rings. The highest BCUT2D eigenvalue weighted by atomic mass is 32.1. The molecule has 31 heavy (non-hydrogen) atoms. The van der Waals surface area contributed by atoms with Crippen molar-refractivity contribution in [3.8, 4) is 11.3 Å². The lowest BCUT2D eigenvalue weighted by Crippen LogP contribution is -2.28. The van der Waals surface area contributed by atoms with E-state index in [1.54, 1.807) is 0 Å². The topological polar surface area (TPSA) is 83.6 Å². The molecule has 1 amide bonds. The molecule has 158 valence electrons. The average molecular weight is 432 g/mol. The zero-order chi connectivity index (χ0) is 21.5. The molecule has 1 aliphatic carbocycles. The summed E-state index contributed by atoms with van der Waals surface area (Å²) < 4.78 is 0. The van der Waals surface area contributed by atoms with E-state index in [0.29, 0.717) is 10.8 Å². The number of hydrogen-bond donors (Lipinski definition) is 2. The Labute approximate surface area is 185 Å². The summed E-state index contributed by atoms with van der Waals surface area (Å²) >= 11 is 1.46. The molecule has 7 heteroatoms. The van der Waals surface area contributed by atoms with Crippen LogP contribution in [0.1, 0.15) is 70.7 Å². The molecule has 3 aromatic heterocycles. The zero-order valence-corrected chi connectivity index (χ0v) is 18.7. The Morgan fingerprint density at radius 1 is 1.23 bits per heavy atom. The number of hydrogen-bond acceptors (Lipinski definition) is 5. The van der Waals surface area contributed by atoms with Crippen LogP contribution in [-0.2, 0) is 0 Å². The van der Waals surface area contributed by atoms with Crippen molar-refractivity contribution < 1.29 is 4.79 Å². The first-order valence-electron chi connectivity index (χ1n) is 10.7. The molecule has 0 saturated heterocycles. The Morgan fingerprint density at radius 3 is 2.71 bits per heavy atom. The molecule has 4 aromatic rings. The molecule has 1 atom stereocenters. The molecule has 1 aromatic carbocycles. The number of benzene rings is 1. The lowest BCUT2D eigenvalue weighted by Gasteiger charge is -2.14. The van der Waals surface area contributed by atoms with Crippen molar-refractivity contribution in [1.82, 2.24) is 25.3 Å². The number of thiophene rings is 1. The largest absolute Gasteiger partial charge is 0.341 e. The summed E-state index contributed by atoms with van der Waals surface area (Å²) in [6.07, 6.45) is 4.88. The molecule has 2 N–H and O–H groups in total. The van der Waals surface area contributed by atoms with E-state index >= 15 is 0 Å². The van der Waals surface area contributed by atoms with Crippen LogP contribution in [0.4, 0.5) is 0 Å². The predicted octanol–water partition coefficient (Wildman–Crippen LogP) is 5.46. The molecule has 0 spiro atoms. The van der Waals surface area contributed by atoms with E-state index < -0.39 is 0 Å². The van der Waals surface area contributed by atoms with E-state index in [0.717, 1.165) is 63.6 Å². The van der Waals surface area contributed by atoms with Gasteiger partial charge in [-0.05, 0) is 44.2 Å². The Balaban J connectivity index is 1.41. The number of carbonyl (C=O) groups excluding carboxylic acids is 1. The van der Waals surface area contributed by atoms with Gasteiger partial charge in [-0.2, -0.15) is 0 Å². The van der Waals surface area contributed by atoms with Crippen molar-refractivity contribution in [3.05, 3.63) is 64.3 Å². The van der Waals surface area contributed by atoms with E-state index in [4.69, 9.17) is 9.97 Å². The summed E-state index contributed by atoms with van der Waals surface area (Å²) in [7, 11) is 0. The molecular weight excluding hydrogens is 406 g/mol. The third-order valence-corrected chi connectivity index (χ3v) is 7.05. The van der Waals surface area contributed by atoms with Crippen molar-refractivity contribution in [2.45, 2.75) is 52.0 Å². The highest BCUT2D eigenvalue weighted by Crippen LogP contribution is 2.40. The third kappa shape index (κ3) is 3.74. The van der Waals surface area contributed by atoms with Crippen LogP contribution in [0.5, 0.6) is 0 Å². The number of amides is 1. The minimum Gasteiger partial charge on any atom is -0.341 e. The molecule has 1 saturated carbocycles. The number of aryl methyl sites for hydroxylation is 2. The molecule has 3 heterocycles. The highest BCUT2D eigenvalue weighted by molar-refractivity contribution is 7.20. The number of imidazole rings is 1. The van der Waals surface area contributed by atoms with Gasteiger partial charge in [-0.3, -0.25) is 4.79 Å². The van der Waals surface area contributed by atoms with Crippen LogP contribution >= 0.6 is 11.3 Å². The second-order valence-electron chi connectivity index (χ2n) is 8.16.